The van der Waals surface area contributed by atoms with Crippen molar-refractivity contribution in [3.05, 3.63) is 35.7 Å². The molecule has 0 aliphatic heterocycles. The molecule has 1 aromatic carbocycles. The van der Waals surface area contributed by atoms with Gasteiger partial charge in [-0.3, -0.25) is 9.36 Å². The zero-order valence-electron chi connectivity index (χ0n) is 17.1. The first kappa shape index (κ1) is 19.5. The average Bonchev–Trinajstić information content (AvgIpc) is 3.39. The van der Waals surface area contributed by atoms with Gasteiger partial charge in [-0.25, -0.2) is 0 Å². The number of nitrogens with zero attached hydrogens (tertiary/aromatic N) is 4. The average molecular weight is 399 g/mol. The number of aromatic nitrogens is 3. The summed E-state index contributed by atoms with van der Waals surface area (Å²) in [6, 6.07) is 7.27. The maximum Gasteiger partial charge on any atom is 0.233 e. The number of carbonyl (C=O) groups excluding carboxylic acids is 1. The third-order valence-corrected chi connectivity index (χ3v) is 6.99. The minimum absolute atomic E-state index is 0.266. The lowest BCUT2D eigenvalue weighted by molar-refractivity contribution is -0.132. The Morgan fingerprint density at radius 1 is 1.14 bits per heavy atom. The predicted molar refractivity (Wildman–Crippen MR) is 113 cm³/mol. The standard InChI is InChI=1S/C22H30N4OS/c1-15-4-7-18(8-5-15)26(19-9-10-19)21(27)13-28-22-24-23-14-25(22)20-11-6-16(2)12-17(20)3/h6,11-12,14-15,18-19H,4-5,7-10,13H2,1-3H3. The van der Waals surface area contributed by atoms with Crippen molar-refractivity contribution in [3.63, 3.8) is 0 Å². The van der Waals surface area contributed by atoms with Crippen LogP contribution in [0.5, 0.6) is 0 Å². The van der Waals surface area contributed by atoms with Crippen molar-refractivity contribution in [1.29, 1.82) is 0 Å². The van der Waals surface area contributed by atoms with Crippen LogP contribution in [-0.2, 0) is 4.79 Å². The Hall–Kier alpha value is -1.82. The topological polar surface area (TPSA) is 51.0 Å². The van der Waals surface area contributed by atoms with Crippen LogP contribution in [0.1, 0.15) is 56.6 Å². The number of aryl methyl sites for hydroxylation is 2. The fraction of sp³-hybridized carbons (Fsp3) is 0.591. The van der Waals surface area contributed by atoms with E-state index >= 15 is 0 Å². The van der Waals surface area contributed by atoms with Crippen LogP contribution in [0.4, 0.5) is 0 Å². The van der Waals surface area contributed by atoms with Crippen molar-refractivity contribution >= 4 is 17.7 Å². The van der Waals surface area contributed by atoms with Crippen molar-refractivity contribution in [2.75, 3.05) is 5.75 Å². The quantitative estimate of drug-likeness (QED) is 0.670. The van der Waals surface area contributed by atoms with Crippen LogP contribution in [0.3, 0.4) is 0 Å². The van der Waals surface area contributed by atoms with E-state index in [0.29, 0.717) is 17.8 Å². The van der Waals surface area contributed by atoms with Crippen LogP contribution in [0.25, 0.3) is 5.69 Å². The number of hydrogen-bond acceptors (Lipinski definition) is 4. The first-order chi connectivity index (χ1) is 13.5. The van der Waals surface area contributed by atoms with Gasteiger partial charge >= 0.3 is 0 Å². The molecular weight excluding hydrogens is 368 g/mol. The van der Waals surface area contributed by atoms with E-state index in [4.69, 9.17) is 0 Å². The van der Waals surface area contributed by atoms with Crippen LogP contribution < -0.4 is 0 Å². The molecule has 0 bridgehead atoms. The van der Waals surface area contributed by atoms with Crippen LogP contribution in [-0.4, -0.2) is 43.4 Å². The second-order valence-corrected chi connectivity index (χ2v) is 9.45. The Balaban J connectivity index is 1.44. The van der Waals surface area contributed by atoms with Crippen molar-refractivity contribution in [2.24, 2.45) is 5.92 Å². The molecule has 0 saturated heterocycles. The zero-order valence-corrected chi connectivity index (χ0v) is 17.9. The summed E-state index contributed by atoms with van der Waals surface area (Å²) in [6.45, 7) is 6.52. The minimum atomic E-state index is 0.266. The number of amides is 1. The van der Waals surface area contributed by atoms with Gasteiger partial charge in [0, 0.05) is 12.1 Å². The van der Waals surface area contributed by atoms with Gasteiger partial charge in [-0.05, 0) is 69.9 Å². The molecule has 0 unspecified atom stereocenters. The number of thioether (sulfide) groups is 1. The fourth-order valence-electron chi connectivity index (χ4n) is 4.34. The molecular formula is C22H30N4OS. The summed E-state index contributed by atoms with van der Waals surface area (Å²) in [4.78, 5) is 15.3. The molecule has 28 heavy (non-hydrogen) atoms. The van der Waals surface area contributed by atoms with Crippen LogP contribution in [0.2, 0.25) is 0 Å². The molecule has 0 atom stereocenters. The largest absolute Gasteiger partial charge is 0.336 e. The Morgan fingerprint density at radius 2 is 1.82 bits per heavy atom. The molecule has 2 aromatic rings. The Kier molecular flexibility index (Phi) is 5.76. The van der Waals surface area contributed by atoms with Crippen LogP contribution in [0, 0.1) is 19.8 Å². The lowest BCUT2D eigenvalue weighted by Gasteiger charge is -2.36. The zero-order chi connectivity index (χ0) is 19.7. The molecule has 2 aliphatic carbocycles. The lowest BCUT2D eigenvalue weighted by Crippen LogP contribution is -2.44. The highest BCUT2D eigenvalue weighted by molar-refractivity contribution is 7.99. The van der Waals surface area contributed by atoms with Crippen molar-refractivity contribution in [3.8, 4) is 5.69 Å². The Bertz CT molecular complexity index is 837. The second kappa shape index (κ2) is 8.27. The molecule has 5 nitrogen and oxygen atoms in total. The molecule has 4 rings (SSSR count). The molecule has 0 spiro atoms. The van der Waals surface area contributed by atoms with Crippen molar-refractivity contribution in [2.45, 2.75) is 76.5 Å². The molecule has 6 heteroatoms. The monoisotopic (exact) mass is 398 g/mol. The third kappa shape index (κ3) is 4.27. The normalized spacial score (nSPS) is 22.2. The van der Waals surface area contributed by atoms with E-state index in [-0.39, 0.29) is 5.91 Å². The summed E-state index contributed by atoms with van der Waals surface area (Å²) >= 11 is 1.51. The van der Waals surface area contributed by atoms with E-state index in [1.807, 2.05) is 4.57 Å². The summed E-state index contributed by atoms with van der Waals surface area (Å²) in [5.74, 6) is 1.51. The Morgan fingerprint density at radius 3 is 2.46 bits per heavy atom. The van der Waals surface area contributed by atoms with E-state index in [1.54, 1.807) is 6.33 Å². The molecule has 1 heterocycles. The van der Waals surface area contributed by atoms with Gasteiger partial charge in [0.2, 0.25) is 5.91 Å². The maximum atomic E-state index is 13.1. The van der Waals surface area contributed by atoms with E-state index in [0.717, 1.165) is 29.6 Å². The number of hydrogen-bond donors (Lipinski definition) is 0. The van der Waals surface area contributed by atoms with Gasteiger partial charge in [-0.2, -0.15) is 0 Å². The van der Waals surface area contributed by atoms with Gasteiger partial charge in [0.1, 0.15) is 6.33 Å². The van der Waals surface area contributed by atoms with E-state index < -0.39 is 0 Å². The maximum absolute atomic E-state index is 13.1. The summed E-state index contributed by atoms with van der Waals surface area (Å²) in [6.07, 6.45) is 8.89. The Labute approximate surface area is 171 Å². The van der Waals surface area contributed by atoms with Crippen molar-refractivity contribution in [1.82, 2.24) is 19.7 Å². The smallest absolute Gasteiger partial charge is 0.233 e. The summed E-state index contributed by atoms with van der Waals surface area (Å²) in [7, 11) is 0. The van der Waals surface area contributed by atoms with E-state index in [9.17, 15) is 4.79 Å². The van der Waals surface area contributed by atoms with Crippen LogP contribution in [0.15, 0.2) is 29.7 Å². The molecule has 0 radical (unpaired) electrons. The number of benzene rings is 1. The van der Waals surface area contributed by atoms with Gasteiger partial charge in [0.05, 0.1) is 11.4 Å². The molecule has 0 N–H and O–H groups in total. The second-order valence-electron chi connectivity index (χ2n) is 8.51. The predicted octanol–water partition coefficient (Wildman–Crippen LogP) is 4.55. The highest BCUT2D eigenvalue weighted by Gasteiger charge is 2.38. The minimum Gasteiger partial charge on any atom is -0.336 e. The van der Waals surface area contributed by atoms with Gasteiger partial charge in [0.15, 0.2) is 5.16 Å². The molecule has 2 saturated carbocycles. The summed E-state index contributed by atoms with van der Waals surface area (Å²) in [5.41, 5.74) is 3.50. The SMILES string of the molecule is Cc1ccc(-n2cnnc2SCC(=O)N(C2CCC(C)CC2)C2CC2)c(C)c1. The molecule has 2 fully saturated rings. The molecule has 1 aromatic heterocycles. The summed E-state index contributed by atoms with van der Waals surface area (Å²) in [5, 5.41) is 9.16. The van der Waals surface area contributed by atoms with Gasteiger partial charge in [0.25, 0.3) is 0 Å². The number of carbonyl (C=O) groups is 1. The summed E-state index contributed by atoms with van der Waals surface area (Å²) < 4.78 is 2.00. The van der Waals surface area contributed by atoms with Gasteiger partial charge in [-0.15, -0.1) is 10.2 Å². The fourth-order valence-corrected chi connectivity index (χ4v) is 5.13. The van der Waals surface area contributed by atoms with Gasteiger partial charge in [-0.1, -0.05) is 36.4 Å². The lowest BCUT2D eigenvalue weighted by atomic mass is 9.86. The molecule has 150 valence electrons. The highest BCUT2D eigenvalue weighted by atomic mass is 32.2. The van der Waals surface area contributed by atoms with Gasteiger partial charge < -0.3 is 4.90 Å². The van der Waals surface area contributed by atoms with E-state index in [1.165, 1.54) is 48.6 Å². The highest BCUT2D eigenvalue weighted by Crippen LogP contribution is 2.36. The molecule has 2 aliphatic rings. The molecule has 1 amide bonds. The van der Waals surface area contributed by atoms with Crippen LogP contribution >= 0.6 is 11.8 Å². The first-order valence-corrected chi connectivity index (χ1v) is 11.4. The third-order valence-electron chi connectivity index (χ3n) is 6.06. The van der Waals surface area contributed by atoms with Crippen molar-refractivity contribution < 1.29 is 4.79 Å². The number of rotatable bonds is 6. The van der Waals surface area contributed by atoms with E-state index in [2.05, 4.69) is 54.1 Å². The first-order valence-electron chi connectivity index (χ1n) is 10.4.